The van der Waals surface area contributed by atoms with Crippen molar-refractivity contribution < 1.29 is 15.0 Å². The first kappa shape index (κ1) is 21.3. The van der Waals surface area contributed by atoms with Crippen LogP contribution in [-0.4, -0.2) is 63.7 Å². The number of aryl methyl sites for hydroxylation is 1. The molecule has 7 heteroatoms. The Labute approximate surface area is 186 Å². The molecule has 1 amide bonds. The van der Waals surface area contributed by atoms with Crippen molar-refractivity contribution in [1.29, 1.82) is 0 Å². The van der Waals surface area contributed by atoms with Crippen molar-refractivity contribution >= 4 is 34.6 Å². The number of phenolic OH excluding ortho intramolecular Hbond substituents is 2. The highest BCUT2D eigenvalue weighted by Crippen LogP contribution is 2.42. The summed E-state index contributed by atoms with van der Waals surface area (Å²) in [6.07, 6.45) is 5.99. The topological polar surface area (TPSA) is 68.9 Å². The number of hydrogen-bond acceptors (Lipinski definition) is 5. The van der Waals surface area contributed by atoms with Crippen LogP contribution < -0.4 is 0 Å². The number of rotatable bonds is 4. The zero-order valence-corrected chi connectivity index (χ0v) is 18.6. The minimum atomic E-state index is -0.217. The molecule has 0 aliphatic carbocycles. The van der Waals surface area contributed by atoms with Crippen molar-refractivity contribution in [2.45, 2.75) is 16.2 Å². The normalized spacial score (nSPS) is 15.6. The summed E-state index contributed by atoms with van der Waals surface area (Å²) >= 11 is 1.39. The Bertz CT molecular complexity index is 1140. The fourth-order valence-corrected chi connectivity index (χ4v) is 4.68. The lowest BCUT2D eigenvalue weighted by atomic mass is 10.1. The molecule has 2 heterocycles. The maximum Gasteiger partial charge on any atom is 0.246 e. The van der Waals surface area contributed by atoms with Gasteiger partial charge >= 0.3 is 0 Å². The Kier molecular flexibility index (Phi) is 6.25. The molecule has 0 radical (unpaired) electrons. The predicted octanol–water partition coefficient (Wildman–Crippen LogP) is 3.92. The van der Waals surface area contributed by atoms with Crippen LogP contribution in [0.1, 0.15) is 12.0 Å². The third kappa shape index (κ3) is 4.73. The summed E-state index contributed by atoms with van der Waals surface area (Å²) in [6.45, 7) is 3.26. The van der Waals surface area contributed by atoms with Gasteiger partial charge in [0.2, 0.25) is 5.91 Å². The Morgan fingerprint density at radius 3 is 2.68 bits per heavy atom. The van der Waals surface area contributed by atoms with Gasteiger partial charge in [0.05, 0.1) is 4.90 Å². The monoisotopic (exact) mass is 437 g/mol. The van der Waals surface area contributed by atoms with Crippen LogP contribution in [0.25, 0.3) is 17.0 Å². The van der Waals surface area contributed by atoms with Crippen molar-refractivity contribution in [2.75, 3.05) is 33.2 Å². The second-order valence-electron chi connectivity index (χ2n) is 7.91. The molecule has 2 N–H and O–H groups in total. The van der Waals surface area contributed by atoms with Crippen molar-refractivity contribution in [3.63, 3.8) is 0 Å². The van der Waals surface area contributed by atoms with E-state index in [0.717, 1.165) is 41.9 Å². The van der Waals surface area contributed by atoms with E-state index < -0.39 is 0 Å². The van der Waals surface area contributed by atoms with Crippen molar-refractivity contribution in [2.24, 2.45) is 7.05 Å². The number of carbonyl (C=O) groups excluding carboxylic acids is 1. The van der Waals surface area contributed by atoms with Crippen LogP contribution in [0.3, 0.4) is 0 Å². The molecule has 6 nitrogen and oxygen atoms in total. The van der Waals surface area contributed by atoms with Gasteiger partial charge < -0.3 is 24.6 Å². The highest BCUT2D eigenvalue weighted by atomic mass is 32.2. The third-order valence-corrected chi connectivity index (χ3v) is 6.71. The molecular formula is C24H27N3O3S. The molecule has 1 aliphatic heterocycles. The maximum atomic E-state index is 12.5. The Hall–Kier alpha value is -2.90. The van der Waals surface area contributed by atoms with Crippen LogP contribution in [0.15, 0.2) is 58.5 Å². The number of aromatic nitrogens is 1. The van der Waals surface area contributed by atoms with E-state index >= 15 is 0 Å². The Morgan fingerprint density at radius 1 is 1.00 bits per heavy atom. The zero-order valence-electron chi connectivity index (χ0n) is 17.8. The molecule has 0 saturated carbocycles. The average Bonchev–Trinajstić information content (AvgIpc) is 2.98. The standard InChI is InChI=1S/C24H27N3O3S/c1-25-11-3-12-27(15-14-25)22(28)9-5-17-4-8-21(24(30)23(17)29)31-19-6-7-20-18(16-19)10-13-26(20)2/h4-10,13,16,29-30H,3,11-12,14-15H2,1-2H3/b9-5+. The minimum Gasteiger partial charge on any atom is -0.504 e. The van der Waals surface area contributed by atoms with Crippen molar-refractivity contribution in [3.8, 4) is 11.5 Å². The van der Waals surface area contributed by atoms with E-state index in [9.17, 15) is 15.0 Å². The molecule has 162 valence electrons. The molecule has 0 unspecified atom stereocenters. The summed E-state index contributed by atoms with van der Waals surface area (Å²) in [6, 6.07) is 11.6. The molecule has 0 bridgehead atoms. The van der Waals surface area contributed by atoms with Crippen LogP contribution in [0.4, 0.5) is 0 Å². The molecule has 1 fully saturated rings. The number of aromatic hydroxyl groups is 2. The molecule has 31 heavy (non-hydrogen) atoms. The molecule has 3 aromatic rings. The average molecular weight is 438 g/mol. The lowest BCUT2D eigenvalue weighted by Gasteiger charge is -2.18. The van der Waals surface area contributed by atoms with E-state index in [1.54, 1.807) is 18.2 Å². The Morgan fingerprint density at radius 2 is 1.84 bits per heavy atom. The fraction of sp³-hybridized carbons (Fsp3) is 0.292. The number of phenols is 2. The second kappa shape index (κ2) is 9.08. The highest BCUT2D eigenvalue weighted by Gasteiger charge is 2.16. The van der Waals surface area contributed by atoms with Gasteiger partial charge in [-0.05, 0) is 62.5 Å². The number of fused-ring (bicyclic) bond motifs is 1. The minimum absolute atomic E-state index is 0.0798. The van der Waals surface area contributed by atoms with Gasteiger partial charge in [-0.3, -0.25) is 4.79 Å². The summed E-state index contributed by atoms with van der Waals surface area (Å²) in [4.78, 5) is 18.1. The molecular weight excluding hydrogens is 410 g/mol. The third-order valence-electron chi connectivity index (χ3n) is 5.67. The SMILES string of the molecule is CN1CCCN(C(=O)/C=C/c2ccc(Sc3ccc4c(ccn4C)c3)c(O)c2O)CC1. The number of hydrogen-bond donors (Lipinski definition) is 2. The van der Waals surface area contributed by atoms with Gasteiger partial charge in [-0.15, -0.1) is 0 Å². The maximum absolute atomic E-state index is 12.5. The number of nitrogens with zero attached hydrogens (tertiary/aromatic N) is 3. The fourth-order valence-electron chi connectivity index (χ4n) is 3.78. The van der Waals surface area contributed by atoms with Crippen LogP contribution in [0, 0.1) is 0 Å². The van der Waals surface area contributed by atoms with E-state index in [4.69, 9.17) is 0 Å². The first-order valence-electron chi connectivity index (χ1n) is 10.4. The van der Waals surface area contributed by atoms with Crippen LogP contribution in [-0.2, 0) is 11.8 Å². The summed E-state index contributed by atoms with van der Waals surface area (Å²) < 4.78 is 2.05. The quantitative estimate of drug-likeness (QED) is 0.478. The molecule has 0 atom stereocenters. The van der Waals surface area contributed by atoms with Gasteiger partial charge in [0, 0.05) is 60.3 Å². The Balaban J connectivity index is 1.48. The lowest BCUT2D eigenvalue weighted by molar-refractivity contribution is -0.125. The van der Waals surface area contributed by atoms with Crippen molar-refractivity contribution in [3.05, 3.63) is 54.2 Å². The van der Waals surface area contributed by atoms with E-state index in [-0.39, 0.29) is 17.4 Å². The first-order valence-corrected chi connectivity index (χ1v) is 11.2. The number of carbonyl (C=O) groups is 1. The summed E-state index contributed by atoms with van der Waals surface area (Å²) in [7, 11) is 4.06. The molecule has 4 rings (SSSR count). The van der Waals surface area contributed by atoms with Gasteiger partial charge in [0.15, 0.2) is 11.5 Å². The molecule has 1 aliphatic rings. The molecule has 0 spiro atoms. The zero-order chi connectivity index (χ0) is 22.0. The van der Waals surface area contributed by atoms with Crippen LogP contribution in [0.2, 0.25) is 0 Å². The van der Waals surface area contributed by atoms with Crippen LogP contribution >= 0.6 is 11.8 Å². The lowest BCUT2D eigenvalue weighted by Crippen LogP contribution is -2.33. The predicted molar refractivity (Wildman–Crippen MR) is 125 cm³/mol. The van der Waals surface area contributed by atoms with E-state index in [1.165, 1.54) is 17.8 Å². The van der Waals surface area contributed by atoms with E-state index in [0.29, 0.717) is 17.0 Å². The number of benzene rings is 2. The van der Waals surface area contributed by atoms with Gasteiger partial charge in [-0.2, -0.15) is 0 Å². The number of amides is 1. The molecule has 1 aromatic heterocycles. The molecule has 2 aromatic carbocycles. The molecule has 1 saturated heterocycles. The van der Waals surface area contributed by atoms with Gasteiger partial charge in [0.1, 0.15) is 0 Å². The number of likely N-dealkylation sites (N-methyl/N-ethyl adjacent to an activating group) is 1. The van der Waals surface area contributed by atoms with Gasteiger partial charge in [0.25, 0.3) is 0 Å². The van der Waals surface area contributed by atoms with Gasteiger partial charge in [-0.25, -0.2) is 0 Å². The largest absolute Gasteiger partial charge is 0.504 e. The summed E-state index contributed by atoms with van der Waals surface area (Å²) in [5, 5.41) is 22.1. The van der Waals surface area contributed by atoms with Crippen molar-refractivity contribution in [1.82, 2.24) is 14.4 Å². The smallest absolute Gasteiger partial charge is 0.246 e. The first-order chi connectivity index (χ1) is 14.9. The van der Waals surface area contributed by atoms with E-state index in [1.807, 2.05) is 36.3 Å². The second-order valence-corrected chi connectivity index (χ2v) is 9.03. The van der Waals surface area contributed by atoms with Crippen LogP contribution in [0.5, 0.6) is 11.5 Å². The van der Waals surface area contributed by atoms with Gasteiger partial charge in [-0.1, -0.05) is 11.8 Å². The summed E-state index contributed by atoms with van der Waals surface area (Å²) in [5.74, 6) is -0.474. The highest BCUT2D eigenvalue weighted by molar-refractivity contribution is 7.99. The summed E-state index contributed by atoms with van der Waals surface area (Å²) in [5.41, 5.74) is 1.55. The van der Waals surface area contributed by atoms with E-state index in [2.05, 4.69) is 22.6 Å².